The van der Waals surface area contributed by atoms with E-state index in [4.69, 9.17) is 4.74 Å². The van der Waals surface area contributed by atoms with E-state index in [1.807, 2.05) is 30.3 Å². The molecule has 1 fully saturated rings. The van der Waals surface area contributed by atoms with Crippen molar-refractivity contribution in [1.29, 1.82) is 0 Å². The van der Waals surface area contributed by atoms with E-state index in [-0.39, 0.29) is 17.5 Å². The maximum absolute atomic E-state index is 11.8. The molecular weight excluding hydrogens is 290 g/mol. The Kier molecular flexibility index (Phi) is 3.55. The molecule has 3 rings (SSSR count). The maximum Gasteiger partial charge on any atom is 0.412 e. The quantitative estimate of drug-likeness (QED) is 0.922. The van der Waals surface area contributed by atoms with Gasteiger partial charge in [0.05, 0.1) is 11.5 Å². The molecule has 110 valence electrons. The van der Waals surface area contributed by atoms with Gasteiger partial charge in [0.2, 0.25) is 0 Å². The number of carbonyl (C=O) groups excluding carboxylic acids is 1. The second-order valence-electron chi connectivity index (χ2n) is 5.14. The van der Waals surface area contributed by atoms with Gasteiger partial charge in [0.15, 0.2) is 9.84 Å². The average Bonchev–Trinajstić information content (AvgIpc) is 2.77. The lowest BCUT2D eigenvalue weighted by atomic mass is 10.1. The van der Waals surface area contributed by atoms with Crippen LogP contribution in [0, 0.1) is 0 Å². The predicted octanol–water partition coefficient (Wildman–Crippen LogP) is 2.12. The highest BCUT2D eigenvalue weighted by Gasteiger charge is 2.29. The maximum atomic E-state index is 11.8. The number of sulfone groups is 1. The lowest BCUT2D eigenvalue weighted by molar-refractivity contribution is 0.197. The molecule has 0 aliphatic carbocycles. The molecule has 0 radical (unpaired) electrons. The number of benzene rings is 2. The number of ether oxygens (including phenoxy) is 1. The Balaban J connectivity index is 1.66. The molecule has 21 heavy (non-hydrogen) atoms. The molecule has 2 aromatic carbocycles. The normalized spacial score (nSPS) is 20.3. The molecule has 0 saturated carbocycles. The highest BCUT2D eigenvalue weighted by atomic mass is 32.2. The van der Waals surface area contributed by atoms with E-state index in [0.29, 0.717) is 12.2 Å². The molecule has 1 N–H and O–H groups in total. The van der Waals surface area contributed by atoms with Crippen LogP contribution >= 0.6 is 0 Å². The number of fused-ring (bicyclic) bond motifs is 1. The first-order valence-electron chi connectivity index (χ1n) is 6.69. The Morgan fingerprint density at radius 2 is 1.90 bits per heavy atom. The van der Waals surface area contributed by atoms with Crippen molar-refractivity contribution in [2.75, 3.05) is 11.5 Å². The van der Waals surface area contributed by atoms with Crippen molar-refractivity contribution in [3.63, 3.8) is 0 Å². The minimum absolute atomic E-state index is 0.0141. The first-order chi connectivity index (χ1) is 10.0. The Hall–Kier alpha value is -2.08. The van der Waals surface area contributed by atoms with Gasteiger partial charge in [0.25, 0.3) is 0 Å². The molecule has 5 nitrogen and oxygen atoms in total. The number of amides is 1. The monoisotopic (exact) mass is 305 g/mol. The Bertz CT molecular complexity index is 785. The minimum atomic E-state index is -3.01. The summed E-state index contributed by atoms with van der Waals surface area (Å²) < 4.78 is 27.9. The van der Waals surface area contributed by atoms with E-state index < -0.39 is 15.9 Å². The lowest BCUT2D eigenvalue weighted by Crippen LogP contribution is -2.37. The standard InChI is InChI=1S/C15H15NO4S/c17-15(16-13-7-8-21(18,19)10-13)20-14-6-5-11-3-1-2-4-12(11)9-14/h1-6,9,13H,7-8,10H2,(H,16,17). The average molecular weight is 305 g/mol. The number of hydrogen-bond donors (Lipinski definition) is 1. The number of rotatable bonds is 2. The van der Waals surface area contributed by atoms with Gasteiger partial charge in [0.1, 0.15) is 5.75 Å². The minimum Gasteiger partial charge on any atom is -0.410 e. The fourth-order valence-electron chi connectivity index (χ4n) is 2.44. The third kappa shape index (κ3) is 3.33. The van der Waals surface area contributed by atoms with E-state index in [9.17, 15) is 13.2 Å². The van der Waals surface area contributed by atoms with Gasteiger partial charge < -0.3 is 10.1 Å². The highest BCUT2D eigenvalue weighted by Crippen LogP contribution is 2.20. The summed E-state index contributed by atoms with van der Waals surface area (Å²) in [6, 6.07) is 12.8. The van der Waals surface area contributed by atoms with E-state index in [2.05, 4.69) is 5.32 Å². The van der Waals surface area contributed by atoms with Crippen LogP contribution in [-0.4, -0.2) is 32.1 Å². The van der Waals surface area contributed by atoms with E-state index in [1.165, 1.54) is 0 Å². The number of carbonyl (C=O) groups is 1. The largest absolute Gasteiger partial charge is 0.412 e. The van der Waals surface area contributed by atoms with Crippen molar-refractivity contribution in [1.82, 2.24) is 5.32 Å². The summed E-state index contributed by atoms with van der Waals surface area (Å²) in [7, 11) is -3.01. The lowest BCUT2D eigenvalue weighted by Gasteiger charge is -2.11. The van der Waals surface area contributed by atoms with Crippen molar-refractivity contribution in [3.8, 4) is 5.75 Å². The summed E-state index contributed by atoms with van der Waals surface area (Å²) in [5.74, 6) is 0.542. The van der Waals surface area contributed by atoms with Crippen molar-refractivity contribution in [3.05, 3.63) is 42.5 Å². The van der Waals surface area contributed by atoms with E-state index in [1.54, 1.807) is 12.1 Å². The molecule has 1 atom stereocenters. The van der Waals surface area contributed by atoms with Gasteiger partial charge in [-0.2, -0.15) is 0 Å². The van der Waals surface area contributed by atoms with Crippen molar-refractivity contribution >= 4 is 26.7 Å². The molecule has 0 spiro atoms. The zero-order chi connectivity index (χ0) is 14.9. The smallest absolute Gasteiger partial charge is 0.410 e. The van der Waals surface area contributed by atoms with Crippen LogP contribution in [0.1, 0.15) is 6.42 Å². The third-order valence-corrected chi connectivity index (χ3v) is 5.25. The zero-order valence-corrected chi connectivity index (χ0v) is 12.1. The molecule has 0 bridgehead atoms. The first-order valence-corrected chi connectivity index (χ1v) is 8.51. The topological polar surface area (TPSA) is 72.5 Å². The Morgan fingerprint density at radius 1 is 1.14 bits per heavy atom. The van der Waals surface area contributed by atoms with Gasteiger partial charge >= 0.3 is 6.09 Å². The zero-order valence-electron chi connectivity index (χ0n) is 11.3. The number of hydrogen-bond acceptors (Lipinski definition) is 4. The van der Waals surface area contributed by atoms with Crippen LogP contribution in [0.15, 0.2) is 42.5 Å². The van der Waals surface area contributed by atoms with Crippen molar-refractivity contribution in [2.24, 2.45) is 0 Å². The summed E-state index contributed by atoms with van der Waals surface area (Å²) in [5.41, 5.74) is 0. The molecular formula is C15H15NO4S. The predicted molar refractivity (Wildman–Crippen MR) is 80.2 cm³/mol. The molecule has 1 unspecified atom stereocenters. The summed E-state index contributed by atoms with van der Waals surface area (Å²) in [6.07, 6.45) is -0.179. The van der Waals surface area contributed by atoms with Crippen LogP contribution in [0.2, 0.25) is 0 Å². The van der Waals surface area contributed by atoms with Crippen LogP contribution in [0.4, 0.5) is 4.79 Å². The van der Waals surface area contributed by atoms with E-state index >= 15 is 0 Å². The summed E-state index contributed by atoms with van der Waals surface area (Å²) >= 11 is 0. The van der Waals surface area contributed by atoms with Gasteiger partial charge in [-0.15, -0.1) is 0 Å². The second kappa shape index (κ2) is 5.37. The molecule has 1 aliphatic rings. The van der Waals surface area contributed by atoms with Crippen molar-refractivity contribution < 1.29 is 17.9 Å². The second-order valence-corrected chi connectivity index (χ2v) is 7.37. The molecule has 0 aromatic heterocycles. The number of nitrogens with one attached hydrogen (secondary N) is 1. The fourth-order valence-corrected chi connectivity index (χ4v) is 4.12. The van der Waals surface area contributed by atoms with Crippen LogP contribution in [0.3, 0.4) is 0 Å². The first kappa shape index (κ1) is 13.9. The van der Waals surface area contributed by atoms with Gasteiger partial charge in [-0.25, -0.2) is 13.2 Å². The van der Waals surface area contributed by atoms with Gasteiger partial charge in [-0.05, 0) is 29.3 Å². The SMILES string of the molecule is O=C(NC1CCS(=O)(=O)C1)Oc1ccc2ccccc2c1. The van der Waals surface area contributed by atoms with Crippen LogP contribution in [0.5, 0.6) is 5.75 Å². The summed E-state index contributed by atoms with van der Waals surface area (Å²) in [4.78, 5) is 11.8. The Morgan fingerprint density at radius 3 is 2.62 bits per heavy atom. The molecule has 1 amide bonds. The third-order valence-electron chi connectivity index (χ3n) is 3.49. The molecule has 1 heterocycles. The van der Waals surface area contributed by atoms with Gasteiger partial charge in [-0.3, -0.25) is 0 Å². The highest BCUT2D eigenvalue weighted by molar-refractivity contribution is 7.91. The van der Waals surface area contributed by atoms with Gasteiger partial charge in [-0.1, -0.05) is 30.3 Å². The summed E-state index contributed by atoms with van der Waals surface area (Å²) in [5, 5.41) is 4.63. The van der Waals surface area contributed by atoms with Crippen molar-refractivity contribution in [2.45, 2.75) is 12.5 Å². The fraction of sp³-hybridized carbons (Fsp3) is 0.267. The molecule has 2 aromatic rings. The van der Waals surface area contributed by atoms with Crippen LogP contribution in [-0.2, 0) is 9.84 Å². The molecule has 1 aliphatic heterocycles. The summed E-state index contributed by atoms with van der Waals surface area (Å²) in [6.45, 7) is 0. The van der Waals surface area contributed by atoms with E-state index in [0.717, 1.165) is 10.8 Å². The van der Waals surface area contributed by atoms with Gasteiger partial charge in [0, 0.05) is 6.04 Å². The Labute approximate surface area is 122 Å². The molecule has 1 saturated heterocycles. The van der Waals surface area contributed by atoms with Crippen LogP contribution in [0.25, 0.3) is 10.8 Å². The van der Waals surface area contributed by atoms with Crippen LogP contribution < -0.4 is 10.1 Å². The molecule has 6 heteroatoms.